The van der Waals surface area contributed by atoms with E-state index in [1.54, 1.807) is 0 Å². The van der Waals surface area contributed by atoms with Gasteiger partial charge in [0.15, 0.2) is 6.10 Å². The molecule has 0 aliphatic carbocycles. The Morgan fingerprint density at radius 2 is 0.947 bits per heavy atom. The van der Waals surface area contributed by atoms with Crippen molar-refractivity contribution in [2.45, 2.75) is 154 Å². The van der Waals surface area contributed by atoms with E-state index in [1.807, 2.05) is 12.2 Å². The van der Waals surface area contributed by atoms with Gasteiger partial charge in [0, 0.05) is 12.8 Å². The minimum absolute atomic E-state index is 0.113. The first-order valence-corrected chi connectivity index (χ1v) is 22.7. The number of aliphatic hydroxyl groups is 2. The molecule has 3 N–H and O–H groups in total. The van der Waals surface area contributed by atoms with E-state index in [1.165, 1.54) is 19.3 Å². The Balaban J connectivity index is 4.38. The third kappa shape index (κ3) is 40.9. The number of hydrogen-bond acceptors (Lipinski definition) is 9. The third-order valence-corrected chi connectivity index (χ3v) is 9.20. The van der Waals surface area contributed by atoms with Gasteiger partial charge in [-0.25, -0.2) is 4.57 Å². The van der Waals surface area contributed by atoms with Crippen molar-refractivity contribution in [3.8, 4) is 0 Å². The molecule has 324 valence electrons. The van der Waals surface area contributed by atoms with Crippen molar-refractivity contribution in [2.75, 3.05) is 26.4 Å². The maximum atomic E-state index is 12.6. The standard InChI is InChI=1S/C46H75O10P/c1-3-5-7-9-11-13-15-17-18-19-20-21-22-23-24-26-28-30-32-34-36-38-46(50)56-44(42-55-57(51,52)54-40-43(48)39-47)41-53-45(49)37-35-33-31-29-27-25-16-14-12-10-8-6-4-2/h5-8,11-14,17-18,20-21,25,27,31,33,43-44,47-48H,3-4,9-10,15-16,19,22-24,26,28-30,32,34-42H2,1-2H3,(H,51,52)/b7-5-,8-6-,13-11-,14-12-,18-17-,21-20-,27-25-,33-31-. The van der Waals surface area contributed by atoms with Gasteiger partial charge in [0.05, 0.1) is 19.8 Å². The zero-order chi connectivity index (χ0) is 41.9. The summed E-state index contributed by atoms with van der Waals surface area (Å²) in [6.45, 7) is 2.03. The second-order valence-electron chi connectivity index (χ2n) is 13.6. The first-order valence-electron chi connectivity index (χ1n) is 21.2. The molecule has 3 unspecified atom stereocenters. The van der Waals surface area contributed by atoms with Crippen LogP contribution in [0, 0.1) is 0 Å². The maximum Gasteiger partial charge on any atom is 0.472 e. The lowest BCUT2D eigenvalue weighted by Crippen LogP contribution is -2.29. The molecule has 0 aromatic carbocycles. The molecular weight excluding hydrogens is 743 g/mol. The van der Waals surface area contributed by atoms with Gasteiger partial charge in [-0.3, -0.25) is 18.6 Å². The van der Waals surface area contributed by atoms with Crippen molar-refractivity contribution in [1.29, 1.82) is 0 Å². The van der Waals surface area contributed by atoms with Gasteiger partial charge in [0.2, 0.25) is 0 Å². The first-order chi connectivity index (χ1) is 27.7. The summed E-state index contributed by atoms with van der Waals surface area (Å²) in [6.07, 6.45) is 49.6. The van der Waals surface area contributed by atoms with Crippen LogP contribution in [0.3, 0.4) is 0 Å². The second-order valence-corrected chi connectivity index (χ2v) is 15.1. The molecule has 0 fully saturated rings. The fourth-order valence-electron chi connectivity index (χ4n) is 5.06. The first kappa shape index (κ1) is 53.9. The molecule has 0 aromatic rings. The molecular formula is C46H75O10P. The molecule has 0 aliphatic heterocycles. The quantitative estimate of drug-likeness (QED) is 0.0238. The fraction of sp³-hybridized carbons (Fsp3) is 0.609. The smallest absolute Gasteiger partial charge is 0.462 e. The van der Waals surface area contributed by atoms with E-state index >= 15 is 0 Å². The van der Waals surface area contributed by atoms with Gasteiger partial charge in [-0.1, -0.05) is 150 Å². The second kappa shape index (κ2) is 41.1. The van der Waals surface area contributed by atoms with Gasteiger partial charge in [0.25, 0.3) is 0 Å². The number of esters is 2. The van der Waals surface area contributed by atoms with Gasteiger partial charge < -0.3 is 24.6 Å². The van der Waals surface area contributed by atoms with Crippen LogP contribution in [0.2, 0.25) is 0 Å². The van der Waals surface area contributed by atoms with Crippen LogP contribution >= 0.6 is 7.82 Å². The van der Waals surface area contributed by atoms with E-state index in [2.05, 4.69) is 103 Å². The van der Waals surface area contributed by atoms with Gasteiger partial charge in [-0.05, 0) is 77.0 Å². The van der Waals surface area contributed by atoms with E-state index in [4.69, 9.17) is 19.1 Å². The molecule has 3 atom stereocenters. The third-order valence-electron chi connectivity index (χ3n) is 8.25. The molecule has 0 bridgehead atoms. The molecule has 0 aliphatic rings. The van der Waals surface area contributed by atoms with Crippen LogP contribution in [0.25, 0.3) is 0 Å². The van der Waals surface area contributed by atoms with Crippen LogP contribution in [-0.4, -0.2) is 65.7 Å². The average molecular weight is 819 g/mol. The predicted octanol–water partition coefficient (Wildman–Crippen LogP) is 11.2. The Morgan fingerprint density at radius 1 is 0.526 bits per heavy atom. The molecule has 0 aromatic heterocycles. The van der Waals surface area contributed by atoms with E-state index in [0.717, 1.165) is 83.5 Å². The largest absolute Gasteiger partial charge is 0.472 e. The van der Waals surface area contributed by atoms with E-state index in [-0.39, 0.29) is 19.4 Å². The highest BCUT2D eigenvalue weighted by Gasteiger charge is 2.27. The Bertz CT molecular complexity index is 1260. The molecule has 0 heterocycles. The number of hydrogen-bond donors (Lipinski definition) is 3. The Morgan fingerprint density at radius 3 is 1.44 bits per heavy atom. The molecule has 0 spiro atoms. The van der Waals surface area contributed by atoms with Crippen LogP contribution in [0.4, 0.5) is 0 Å². The van der Waals surface area contributed by atoms with Crippen LogP contribution in [0.15, 0.2) is 97.2 Å². The maximum absolute atomic E-state index is 12.6. The van der Waals surface area contributed by atoms with Crippen molar-refractivity contribution in [2.24, 2.45) is 0 Å². The normalized spacial score (nSPS) is 14.8. The van der Waals surface area contributed by atoms with Crippen molar-refractivity contribution in [1.82, 2.24) is 0 Å². The number of phosphoric ester groups is 1. The summed E-state index contributed by atoms with van der Waals surface area (Å²) in [5.41, 5.74) is 0. The number of allylic oxidation sites excluding steroid dienone is 16. The van der Waals surface area contributed by atoms with Gasteiger partial charge >= 0.3 is 19.8 Å². The van der Waals surface area contributed by atoms with E-state index in [0.29, 0.717) is 12.8 Å². The predicted molar refractivity (Wildman–Crippen MR) is 232 cm³/mol. The zero-order valence-corrected chi connectivity index (χ0v) is 35.9. The fourth-order valence-corrected chi connectivity index (χ4v) is 5.84. The number of aliphatic hydroxyl groups excluding tert-OH is 2. The van der Waals surface area contributed by atoms with E-state index < -0.39 is 51.8 Å². The van der Waals surface area contributed by atoms with Crippen molar-refractivity contribution in [3.63, 3.8) is 0 Å². The Hall–Kier alpha value is -3.11. The number of carbonyl (C=O) groups excluding carboxylic acids is 2. The molecule has 57 heavy (non-hydrogen) atoms. The highest BCUT2D eigenvalue weighted by molar-refractivity contribution is 7.47. The summed E-state index contributed by atoms with van der Waals surface area (Å²) in [5.74, 6) is -1.04. The molecule has 10 nitrogen and oxygen atoms in total. The Kier molecular flexibility index (Phi) is 38.8. The number of unbranched alkanes of at least 4 members (excludes halogenated alkanes) is 8. The summed E-state index contributed by atoms with van der Waals surface area (Å²) in [4.78, 5) is 34.9. The highest BCUT2D eigenvalue weighted by atomic mass is 31.2. The minimum atomic E-state index is -4.64. The lowest BCUT2D eigenvalue weighted by Gasteiger charge is -2.20. The van der Waals surface area contributed by atoms with Crippen molar-refractivity contribution >= 4 is 19.8 Å². The summed E-state index contributed by atoms with van der Waals surface area (Å²) in [6, 6.07) is 0. The van der Waals surface area contributed by atoms with Crippen LogP contribution in [0.5, 0.6) is 0 Å². The summed E-state index contributed by atoms with van der Waals surface area (Å²) in [7, 11) is -4.64. The highest BCUT2D eigenvalue weighted by Crippen LogP contribution is 2.43. The lowest BCUT2D eigenvalue weighted by atomic mass is 10.1. The summed E-state index contributed by atoms with van der Waals surface area (Å²) < 4.78 is 32.6. The van der Waals surface area contributed by atoms with Crippen LogP contribution in [-0.2, 0) is 32.7 Å². The van der Waals surface area contributed by atoms with Crippen molar-refractivity contribution < 1.29 is 47.8 Å². The van der Waals surface area contributed by atoms with E-state index in [9.17, 15) is 24.2 Å². The van der Waals surface area contributed by atoms with Crippen LogP contribution in [0.1, 0.15) is 142 Å². The zero-order valence-electron chi connectivity index (χ0n) is 35.0. The molecule has 0 rings (SSSR count). The Labute approximate surface area is 344 Å². The number of phosphoric acid groups is 1. The van der Waals surface area contributed by atoms with Gasteiger partial charge in [-0.15, -0.1) is 0 Å². The molecule has 0 amide bonds. The molecule has 11 heteroatoms. The number of ether oxygens (including phenoxy) is 2. The topological polar surface area (TPSA) is 149 Å². The van der Waals surface area contributed by atoms with Crippen LogP contribution < -0.4 is 0 Å². The molecule has 0 saturated carbocycles. The summed E-state index contributed by atoms with van der Waals surface area (Å²) >= 11 is 0. The molecule has 0 radical (unpaired) electrons. The van der Waals surface area contributed by atoms with Crippen molar-refractivity contribution in [3.05, 3.63) is 97.2 Å². The monoisotopic (exact) mass is 819 g/mol. The summed E-state index contributed by atoms with van der Waals surface area (Å²) in [5, 5.41) is 18.3. The number of rotatable bonds is 38. The number of carbonyl (C=O) groups is 2. The average Bonchev–Trinajstić information content (AvgIpc) is 3.20. The minimum Gasteiger partial charge on any atom is -0.462 e. The van der Waals surface area contributed by atoms with Gasteiger partial charge in [0.1, 0.15) is 12.7 Å². The molecule has 0 saturated heterocycles. The van der Waals surface area contributed by atoms with Gasteiger partial charge in [-0.2, -0.15) is 0 Å². The SMILES string of the molecule is CC/C=C\C/C=C\C/C=C\C/C=C\CCCCCCCCCCC(=O)OC(COC(=O)CC/C=C\C/C=C\C/C=C\C/C=C\CC)COP(=O)(O)OCC(O)CO. The lowest BCUT2D eigenvalue weighted by molar-refractivity contribution is -0.161.